The van der Waals surface area contributed by atoms with E-state index in [1.165, 1.54) is 24.3 Å². The maximum Gasteiger partial charge on any atom is 0.253 e. The Morgan fingerprint density at radius 2 is 1.91 bits per heavy atom. The van der Waals surface area contributed by atoms with Crippen molar-refractivity contribution in [2.75, 3.05) is 7.05 Å². The topological polar surface area (TPSA) is 78.1 Å². The van der Waals surface area contributed by atoms with Gasteiger partial charge in [-0.2, -0.15) is 0 Å². The predicted molar refractivity (Wildman–Crippen MR) is 116 cm³/mol. The van der Waals surface area contributed by atoms with Gasteiger partial charge in [-0.05, 0) is 63.4 Å². The summed E-state index contributed by atoms with van der Waals surface area (Å²) in [5, 5.41) is 3.19. The average Bonchev–Trinajstić information content (AvgIpc) is 2.66. The minimum atomic E-state index is -0.978. The minimum absolute atomic E-state index is 0.105. The number of amides is 1. The van der Waals surface area contributed by atoms with Gasteiger partial charge in [-0.1, -0.05) is 0 Å². The molecule has 2 heterocycles. The van der Waals surface area contributed by atoms with E-state index in [4.69, 9.17) is 0 Å². The highest BCUT2D eigenvalue weighted by Crippen LogP contribution is 2.61. The van der Waals surface area contributed by atoms with Gasteiger partial charge >= 0.3 is 0 Å². The zero-order valence-electron chi connectivity index (χ0n) is 18.2. The number of nitrogens with zero attached hydrogens (tertiary/aromatic N) is 2. The first-order valence-corrected chi connectivity index (χ1v) is 10.8. The zero-order chi connectivity index (χ0) is 23.5. The SMILES string of the molecule is C[C@@H](NC(=O)[C@H](c1cc2cc(F)ccc2[nH]c1=O)N(C)C12CC(C1)C2)c1ncc(F)cc1F. The van der Waals surface area contributed by atoms with E-state index in [0.717, 1.165) is 25.5 Å². The van der Waals surface area contributed by atoms with Crippen LogP contribution in [-0.4, -0.2) is 33.4 Å². The number of hydrogen-bond acceptors (Lipinski definition) is 4. The summed E-state index contributed by atoms with van der Waals surface area (Å²) in [5.74, 6) is -2.02. The number of aromatic nitrogens is 2. The molecule has 6 nitrogen and oxygen atoms in total. The van der Waals surface area contributed by atoms with Crippen molar-refractivity contribution in [3.63, 3.8) is 0 Å². The molecule has 3 aliphatic carbocycles. The summed E-state index contributed by atoms with van der Waals surface area (Å²) in [6.45, 7) is 1.54. The fourth-order valence-electron chi connectivity index (χ4n) is 5.17. The Kier molecular flexibility index (Phi) is 5.04. The number of likely N-dealkylation sites (N-methyl/N-ethyl adjacent to an activating group) is 1. The highest BCUT2D eigenvalue weighted by molar-refractivity contribution is 5.86. The number of benzene rings is 1. The van der Waals surface area contributed by atoms with Crippen LogP contribution in [0.5, 0.6) is 0 Å². The van der Waals surface area contributed by atoms with Crippen molar-refractivity contribution in [1.29, 1.82) is 0 Å². The minimum Gasteiger partial charge on any atom is -0.346 e. The van der Waals surface area contributed by atoms with Crippen LogP contribution in [0.15, 0.2) is 41.3 Å². The van der Waals surface area contributed by atoms with Gasteiger partial charge in [0.1, 0.15) is 23.5 Å². The van der Waals surface area contributed by atoms with E-state index in [1.807, 2.05) is 4.90 Å². The first-order chi connectivity index (χ1) is 15.7. The van der Waals surface area contributed by atoms with E-state index in [1.54, 1.807) is 14.0 Å². The van der Waals surface area contributed by atoms with E-state index in [2.05, 4.69) is 15.3 Å². The molecule has 172 valence electrons. The zero-order valence-corrected chi connectivity index (χ0v) is 18.2. The molecule has 2 N–H and O–H groups in total. The second-order valence-electron chi connectivity index (χ2n) is 9.25. The lowest BCUT2D eigenvalue weighted by atomic mass is 9.49. The molecule has 2 aromatic heterocycles. The van der Waals surface area contributed by atoms with Crippen LogP contribution in [0.3, 0.4) is 0 Å². The van der Waals surface area contributed by atoms with E-state index in [-0.39, 0.29) is 16.8 Å². The smallest absolute Gasteiger partial charge is 0.253 e. The van der Waals surface area contributed by atoms with Gasteiger partial charge in [0.05, 0.1) is 17.9 Å². The van der Waals surface area contributed by atoms with Crippen molar-refractivity contribution in [3.05, 3.63) is 75.6 Å². The maximum atomic E-state index is 14.2. The molecule has 6 rings (SSSR count). The van der Waals surface area contributed by atoms with Crippen LogP contribution in [0.2, 0.25) is 0 Å². The van der Waals surface area contributed by atoms with Crippen molar-refractivity contribution < 1.29 is 18.0 Å². The fraction of sp³-hybridized carbons (Fsp3) is 0.375. The number of rotatable bonds is 6. The Morgan fingerprint density at radius 1 is 1.18 bits per heavy atom. The van der Waals surface area contributed by atoms with Gasteiger partial charge in [0.25, 0.3) is 5.56 Å². The molecular weight excluding hydrogens is 433 g/mol. The molecule has 0 aliphatic heterocycles. The van der Waals surface area contributed by atoms with Crippen molar-refractivity contribution in [2.24, 2.45) is 5.92 Å². The molecule has 2 atom stereocenters. The molecule has 3 aromatic rings. The molecule has 3 fully saturated rings. The van der Waals surface area contributed by atoms with E-state index < -0.39 is 41.0 Å². The van der Waals surface area contributed by atoms with Gasteiger partial charge < -0.3 is 10.3 Å². The Hall–Kier alpha value is -3.20. The lowest BCUT2D eigenvalue weighted by Crippen LogP contribution is -2.69. The Bertz CT molecular complexity index is 1310. The quantitative estimate of drug-likeness (QED) is 0.593. The van der Waals surface area contributed by atoms with Crippen LogP contribution in [0, 0.1) is 23.4 Å². The molecule has 2 bridgehead atoms. The molecule has 0 saturated heterocycles. The second kappa shape index (κ2) is 7.69. The van der Waals surface area contributed by atoms with E-state index in [0.29, 0.717) is 22.9 Å². The summed E-state index contributed by atoms with van der Waals surface area (Å²) in [4.78, 5) is 34.9. The monoisotopic (exact) mass is 456 g/mol. The standard InChI is InChI=1S/C24H23F3N4O2/c1-12(20-18(27)7-16(26)11-28-20)29-23(33)21(31(2)24-8-13(9-24)10-24)17-6-14-5-15(25)3-4-19(14)30-22(17)32/h3-7,11-13,21H,8-10H2,1-2H3,(H,29,33)(H,30,32)/t12-,13?,21+,24?/m1/s1. The molecule has 0 spiro atoms. The number of H-pyrrole nitrogens is 1. The number of fused-ring (bicyclic) bond motifs is 1. The van der Waals surface area contributed by atoms with Crippen LogP contribution in [0.1, 0.15) is 49.5 Å². The molecule has 3 aliphatic rings. The number of hydrogen-bond donors (Lipinski definition) is 2. The molecule has 0 radical (unpaired) electrons. The van der Waals surface area contributed by atoms with Crippen molar-refractivity contribution in [2.45, 2.75) is 43.8 Å². The molecule has 1 aromatic carbocycles. The van der Waals surface area contributed by atoms with Crippen molar-refractivity contribution in [3.8, 4) is 0 Å². The summed E-state index contributed by atoms with van der Waals surface area (Å²) in [7, 11) is 1.80. The second-order valence-corrected chi connectivity index (χ2v) is 9.25. The fourth-order valence-corrected chi connectivity index (χ4v) is 5.17. The third-order valence-electron chi connectivity index (χ3n) is 7.12. The van der Waals surface area contributed by atoms with E-state index in [9.17, 15) is 22.8 Å². The van der Waals surface area contributed by atoms with Crippen LogP contribution in [0.4, 0.5) is 13.2 Å². The first-order valence-electron chi connectivity index (χ1n) is 10.8. The first kappa shape index (κ1) is 21.6. The Morgan fingerprint density at radius 3 is 2.55 bits per heavy atom. The van der Waals surface area contributed by atoms with Crippen molar-refractivity contribution >= 4 is 16.8 Å². The summed E-state index contributed by atoms with van der Waals surface area (Å²) in [6, 6.07) is 4.42. The molecule has 0 unspecified atom stereocenters. The molecule has 33 heavy (non-hydrogen) atoms. The highest BCUT2D eigenvalue weighted by Gasteiger charge is 2.60. The summed E-state index contributed by atoms with van der Waals surface area (Å²) in [5.41, 5.74) is -0.0860. The molecule has 9 heteroatoms. The third kappa shape index (κ3) is 3.60. The number of carbonyl (C=O) groups excluding carboxylic acids is 1. The third-order valence-corrected chi connectivity index (χ3v) is 7.12. The number of aromatic amines is 1. The van der Waals surface area contributed by atoms with Gasteiger partial charge in [-0.25, -0.2) is 13.2 Å². The number of nitrogens with one attached hydrogen (secondary N) is 2. The van der Waals surface area contributed by atoms with Gasteiger partial charge in [0.15, 0.2) is 0 Å². The Balaban J connectivity index is 1.52. The van der Waals surface area contributed by atoms with Gasteiger partial charge in [0.2, 0.25) is 5.91 Å². The number of carbonyl (C=O) groups is 1. The van der Waals surface area contributed by atoms with E-state index >= 15 is 0 Å². The van der Waals surface area contributed by atoms with Crippen LogP contribution in [0.25, 0.3) is 10.9 Å². The normalized spacial score (nSPS) is 23.0. The highest BCUT2D eigenvalue weighted by atomic mass is 19.1. The van der Waals surface area contributed by atoms with Crippen LogP contribution in [-0.2, 0) is 4.79 Å². The van der Waals surface area contributed by atoms with Gasteiger partial charge in [0, 0.05) is 28.1 Å². The molecule has 1 amide bonds. The predicted octanol–water partition coefficient (Wildman–Crippen LogP) is 3.74. The maximum absolute atomic E-state index is 14.2. The summed E-state index contributed by atoms with van der Waals surface area (Å²) >= 11 is 0. The number of halogens is 3. The molecule has 3 saturated carbocycles. The largest absolute Gasteiger partial charge is 0.346 e. The Labute approximate surface area is 187 Å². The lowest BCUT2D eigenvalue weighted by molar-refractivity contribution is -0.162. The number of pyridine rings is 2. The van der Waals surface area contributed by atoms with Gasteiger partial charge in [-0.15, -0.1) is 0 Å². The van der Waals surface area contributed by atoms with Crippen molar-refractivity contribution in [1.82, 2.24) is 20.2 Å². The average molecular weight is 456 g/mol. The van der Waals surface area contributed by atoms with Gasteiger partial charge in [-0.3, -0.25) is 19.5 Å². The van der Waals surface area contributed by atoms with Crippen LogP contribution >= 0.6 is 0 Å². The molecular formula is C24H23F3N4O2. The van der Waals surface area contributed by atoms with Crippen LogP contribution < -0.4 is 10.9 Å². The lowest BCUT2D eigenvalue weighted by Gasteiger charge is -2.67. The summed E-state index contributed by atoms with van der Waals surface area (Å²) < 4.78 is 41.3. The summed E-state index contributed by atoms with van der Waals surface area (Å²) in [6.07, 6.45) is 3.71.